The molecule has 1 aromatic rings. The predicted molar refractivity (Wildman–Crippen MR) is 86.8 cm³/mol. The molecule has 2 rings (SSSR count). The van der Waals surface area contributed by atoms with Crippen LogP contribution in [0.4, 0.5) is 5.69 Å². The van der Waals surface area contributed by atoms with Gasteiger partial charge in [-0.3, -0.25) is 0 Å². The minimum Gasteiger partial charge on any atom is -0.389 e. The summed E-state index contributed by atoms with van der Waals surface area (Å²) in [6, 6.07) is 6.72. The van der Waals surface area contributed by atoms with Crippen molar-refractivity contribution in [3.05, 3.63) is 29.3 Å². The maximum Gasteiger partial charge on any atom is 0.106 e. The summed E-state index contributed by atoms with van der Waals surface area (Å²) >= 11 is 5.16. The number of anilines is 1. The predicted octanol–water partition coefficient (Wildman–Crippen LogP) is 4.15. The summed E-state index contributed by atoms with van der Waals surface area (Å²) in [6.45, 7) is 2.12. The highest BCUT2D eigenvalue weighted by atomic mass is 32.1. The van der Waals surface area contributed by atoms with Crippen LogP contribution in [0.3, 0.4) is 0 Å². The molecule has 1 aromatic carbocycles. The van der Waals surface area contributed by atoms with E-state index in [-0.39, 0.29) is 0 Å². The second kappa shape index (κ2) is 6.90. The van der Waals surface area contributed by atoms with E-state index in [0.29, 0.717) is 11.0 Å². The van der Waals surface area contributed by atoms with Gasteiger partial charge in [-0.15, -0.1) is 0 Å². The molecule has 1 fully saturated rings. The average Bonchev–Trinajstić information content (AvgIpc) is 2.34. The van der Waals surface area contributed by atoms with Gasteiger partial charge in [0.1, 0.15) is 4.99 Å². The highest BCUT2D eigenvalue weighted by Gasteiger charge is 2.15. The van der Waals surface area contributed by atoms with Crippen LogP contribution in [0.25, 0.3) is 0 Å². The Hall–Kier alpha value is -1.09. The van der Waals surface area contributed by atoms with Gasteiger partial charge in [0.2, 0.25) is 0 Å². The van der Waals surface area contributed by atoms with E-state index in [0.717, 1.165) is 11.3 Å². The molecule has 1 aliphatic carbocycles. The Morgan fingerprint density at radius 1 is 1.16 bits per heavy atom. The standard InChI is InChI=1S/C16H24N2S/c1-12-8-7-11-14(16(17)19)15(12)18-13-9-5-3-2-4-6-10-13/h7-8,11,13,18H,2-6,9-10H2,1H3,(H2,17,19). The number of thiocarbonyl (C=S) groups is 1. The zero-order valence-electron chi connectivity index (χ0n) is 11.7. The van der Waals surface area contributed by atoms with Crippen molar-refractivity contribution in [1.29, 1.82) is 0 Å². The molecular formula is C16H24N2S. The lowest BCUT2D eigenvalue weighted by Crippen LogP contribution is -2.23. The van der Waals surface area contributed by atoms with Gasteiger partial charge in [0, 0.05) is 17.3 Å². The number of nitrogens with one attached hydrogen (secondary N) is 1. The van der Waals surface area contributed by atoms with Crippen molar-refractivity contribution in [3.8, 4) is 0 Å². The molecule has 0 radical (unpaired) electrons. The number of para-hydroxylation sites is 1. The van der Waals surface area contributed by atoms with Crippen molar-refractivity contribution in [3.63, 3.8) is 0 Å². The number of hydrogen-bond donors (Lipinski definition) is 2. The van der Waals surface area contributed by atoms with Gasteiger partial charge in [0.05, 0.1) is 0 Å². The van der Waals surface area contributed by atoms with Crippen LogP contribution in [-0.2, 0) is 0 Å². The van der Waals surface area contributed by atoms with E-state index in [2.05, 4.69) is 18.3 Å². The smallest absolute Gasteiger partial charge is 0.106 e. The van der Waals surface area contributed by atoms with Gasteiger partial charge >= 0.3 is 0 Å². The first kappa shape index (κ1) is 14.3. The minimum atomic E-state index is 0.483. The van der Waals surface area contributed by atoms with Crippen molar-refractivity contribution >= 4 is 22.9 Å². The van der Waals surface area contributed by atoms with Crippen LogP contribution >= 0.6 is 12.2 Å². The normalized spacial score (nSPS) is 17.5. The molecule has 2 nitrogen and oxygen atoms in total. The van der Waals surface area contributed by atoms with Gasteiger partial charge in [-0.05, 0) is 31.4 Å². The molecule has 0 saturated heterocycles. The summed E-state index contributed by atoms with van der Waals surface area (Å²) in [5.41, 5.74) is 9.19. The van der Waals surface area contributed by atoms with Crippen molar-refractivity contribution in [2.24, 2.45) is 5.73 Å². The highest BCUT2D eigenvalue weighted by molar-refractivity contribution is 7.80. The van der Waals surface area contributed by atoms with Gasteiger partial charge in [0.15, 0.2) is 0 Å². The van der Waals surface area contributed by atoms with Gasteiger partial charge in [0.25, 0.3) is 0 Å². The molecule has 0 aromatic heterocycles. The minimum absolute atomic E-state index is 0.483. The lowest BCUT2D eigenvalue weighted by Gasteiger charge is -2.24. The van der Waals surface area contributed by atoms with Crippen molar-refractivity contribution in [2.75, 3.05) is 5.32 Å². The Morgan fingerprint density at radius 2 is 1.79 bits per heavy atom. The molecule has 3 N–H and O–H groups in total. The number of nitrogens with two attached hydrogens (primary N) is 1. The number of rotatable bonds is 3. The zero-order chi connectivity index (χ0) is 13.7. The van der Waals surface area contributed by atoms with Crippen LogP contribution in [0, 0.1) is 6.92 Å². The quantitative estimate of drug-likeness (QED) is 0.814. The van der Waals surface area contributed by atoms with Crippen LogP contribution < -0.4 is 11.1 Å². The summed E-state index contributed by atoms with van der Waals surface area (Å²) in [7, 11) is 0. The molecule has 0 amide bonds. The molecule has 0 unspecified atom stereocenters. The lowest BCUT2D eigenvalue weighted by atomic mass is 9.96. The van der Waals surface area contributed by atoms with Gasteiger partial charge in [-0.1, -0.05) is 56.5 Å². The summed E-state index contributed by atoms with van der Waals surface area (Å²) in [5, 5.41) is 3.70. The third-order valence-corrected chi connectivity index (χ3v) is 4.21. The summed E-state index contributed by atoms with van der Waals surface area (Å²) < 4.78 is 0. The molecule has 0 heterocycles. The zero-order valence-corrected chi connectivity index (χ0v) is 12.6. The molecule has 104 valence electrons. The molecule has 0 spiro atoms. The van der Waals surface area contributed by atoms with Gasteiger partial charge < -0.3 is 11.1 Å². The fraction of sp³-hybridized carbons (Fsp3) is 0.562. The molecule has 1 aliphatic rings. The monoisotopic (exact) mass is 276 g/mol. The van der Waals surface area contributed by atoms with Crippen LogP contribution in [0.5, 0.6) is 0 Å². The van der Waals surface area contributed by atoms with E-state index in [1.165, 1.54) is 50.5 Å². The first-order valence-corrected chi connectivity index (χ1v) is 7.75. The van der Waals surface area contributed by atoms with Gasteiger partial charge in [-0.2, -0.15) is 0 Å². The van der Waals surface area contributed by atoms with Crippen molar-refractivity contribution in [2.45, 2.75) is 57.9 Å². The molecule has 19 heavy (non-hydrogen) atoms. The maximum absolute atomic E-state index is 5.84. The molecule has 0 bridgehead atoms. The van der Waals surface area contributed by atoms with Crippen LogP contribution in [0.15, 0.2) is 18.2 Å². The molecule has 1 saturated carbocycles. The summed E-state index contributed by atoms with van der Waals surface area (Å²) in [6.07, 6.45) is 9.30. The number of aryl methyl sites for hydroxylation is 1. The topological polar surface area (TPSA) is 38.0 Å². The van der Waals surface area contributed by atoms with E-state index < -0.39 is 0 Å². The van der Waals surface area contributed by atoms with Gasteiger partial charge in [-0.25, -0.2) is 0 Å². The Bertz CT molecular complexity index is 434. The summed E-state index contributed by atoms with van der Waals surface area (Å²) in [4.78, 5) is 0.483. The SMILES string of the molecule is Cc1cccc(C(N)=S)c1NC1CCCCCCC1. The summed E-state index contributed by atoms with van der Waals surface area (Å²) in [5.74, 6) is 0. The molecular weight excluding hydrogens is 252 g/mol. The van der Waals surface area contributed by atoms with E-state index in [4.69, 9.17) is 18.0 Å². The second-order valence-electron chi connectivity index (χ2n) is 5.55. The number of hydrogen-bond acceptors (Lipinski definition) is 2. The Morgan fingerprint density at radius 3 is 2.42 bits per heavy atom. The highest BCUT2D eigenvalue weighted by Crippen LogP contribution is 2.25. The lowest BCUT2D eigenvalue weighted by molar-refractivity contribution is 0.471. The van der Waals surface area contributed by atoms with Crippen molar-refractivity contribution < 1.29 is 0 Å². The van der Waals surface area contributed by atoms with E-state index in [1.54, 1.807) is 0 Å². The third kappa shape index (κ3) is 3.93. The van der Waals surface area contributed by atoms with E-state index in [9.17, 15) is 0 Å². The first-order chi connectivity index (χ1) is 9.18. The van der Waals surface area contributed by atoms with E-state index >= 15 is 0 Å². The fourth-order valence-corrected chi connectivity index (χ4v) is 3.04. The Balaban J connectivity index is 2.14. The molecule has 3 heteroatoms. The molecule has 0 atom stereocenters. The third-order valence-electron chi connectivity index (χ3n) is 3.99. The van der Waals surface area contributed by atoms with Crippen LogP contribution in [0.2, 0.25) is 0 Å². The largest absolute Gasteiger partial charge is 0.389 e. The number of benzene rings is 1. The Labute approximate surface area is 121 Å². The second-order valence-corrected chi connectivity index (χ2v) is 5.99. The average molecular weight is 276 g/mol. The fourth-order valence-electron chi connectivity index (χ4n) is 2.87. The Kier molecular flexibility index (Phi) is 5.20. The first-order valence-electron chi connectivity index (χ1n) is 7.34. The van der Waals surface area contributed by atoms with Crippen LogP contribution in [0.1, 0.15) is 56.1 Å². The van der Waals surface area contributed by atoms with Crippen molar-refractivity contribution in [1.82, 2.24) is 0 Å². The van der Waals surface area contributed by atoms with E-state index in [1.807, 2.05) is 12.1 Å². The van der Waals surface area contributed by atoms with Crippen LogP contribution in [-0.4, -0.2) is 11.0 Å². The maximum atomic E-state index is 5.84. The molecule has 0 aliphatic heterocycles.